The average molecular weight is 312 g/mol. The predicted molar refractivity (Wildman–Crippen MR) is 86.0 cm³/mol. The maximum absolute atomic E-state index is 11.9. The van der Waals surface area contributed by atoms with Crippen molar-refractivity contribution >= 4 is 17.2 Å². The average Bonchev–Trinajstić information content (AvgIpc) is 3.18. The first-order valence-electron chi connectivity index (χ1n) is 6.96. The number of carbonyl (C=O) groups excluding carboxylic acids is 1. The van der Waals surface area contributed by atoms with Gasteiger partial charge in [0, 0.05) is 34.9 Å². The highest BCUT2D eigenvalue weighted by atomic mass is 32.1. The van der Waals surface area contributed by atoms with Crippen LogP contribution < -0.4 is 5.32 Å². The first-order chi connectivity index (χ1) is 10.7. The molecule has 3 aromatic heterocycles. The van der Waals surface area contributed by atoms with Crippen molar-refractivity contribution in [3.05, 3.63) is 64.5 Å². The zero-order valence-electron chi connectivity index (χ0n) is 12.2. The van der Waals surface area contributed by atoms with E-state index in [0.29, 0.717) is 13.0 Å². The van der Waals surface area contributed by atoms with Crippen molar-refractivity contribution in [2.75, 3.05) is 0 Å². The zero-order valence-corrected chi connectivity index (χ0v) is 13.0. The highest BCUT2D eigenvalue weighted by Crippen LogP contribution is 2.15. The lowest BCUT2D eigenvalue weighted by Crippen LogP contribution is -2.24. The van der Waals surface area contributed by atoms with Gasteiger partial charge in [-0.05, 0) is 30.7 Å². The van der Waals surface area contributed by atoms with Crippen molar-refractivity contribution in [2.24, 2.45) is 0 Å². The molecule has 0 radical (unpaired) electrons. The Labute approximate surface area is 132 Å². The Hall–Kier alpha value is -2.47. The molecule has 0 atom stereocenters. The molecule has 22 heavy (non-hydrogen) atoms. The highest BCUT2D eigenvalue weighted by Gasteiger charge is 2.05. The largest absolute Gasteiger partial charge is 0.352 e. The van der Waals surface area contributed by atoms with E-state index in [2.05, 4.69) is 15.3 Å². The number of amides is 1. The topological polar surface area (TPSA) is 59.8 Å². The van der Waals surface area contributed by atoms with Gasteiger partial charge >= 0.3 is 0 Å². The molecule has 5 nitrogen and oxygen atoms in total. The first kappa shape index (κ1) is 14.5. The van der Waals surface area contributed by atoms with Gasteiger partial charge in [-0.25, -0.2) is 9.97 Å². The van der Waals surface area contributed by atoms with Gasteiger partial charge in [-0.15, -0.1) is 11.3 Å². The van der Waals surface area contributed by atoms with Gasteiger partial charge in [-0.3, -0.25) is 9.36 Å². The summed E-state index contributed by atoms with van der Waals surface area (Å²) in [5.41, 5.74) is 0.972. The smallest absolute Gasteiger partial charge is 0.225 e. The minimum atomic E-state index is 0.0283. The van der Waals surface area contributed by atoms with E-state index in [1.807, 2.05) is 42.0 Å². The van der Waals surface area contributed by atoms with E-state index in [1.165, 1.54) is 4.88 Å². The van der Waals surface area contributed by atoms with Crippen LogP contribution in [-0.4, -0.2) is 20.4 Å². The third-order valence-corrected chi connectivity index (χ3v) is 4.20. The van der Waals surface area contributed by atoms with Crippen LogP contribution in [0.25, 0.3) is 5.82 Å². The van der Waals surface area contributed by atoms with Gasteiger partial charge in [0.2, 0.25) is 5.91 Å². The van der Waals surface area contributed by atoms with E-state index < -0.39 is 0 Å². The van der Waals surface area contributed by atoms with E-state index in [-0.39, 0.29) is 5.91 Å². The number of pyridine rings is 1. The monoisotopic (exact) mass is 312 g/mol. The Morgan fingerprint density at radius 1 is 1.32 bits per heavy atom. The Morgan fingerprint density at radius 2 is 2.23 bits per heavy atom. The molecule has 0 aliphatic heterocycles. The first-order valence-corrected chi connectivity index (χ1v) is 7.77. The summed E-state index contributed by atoms with van der Waals surface area (Å²) in [4.78, 5) is 22.6. The maximum atomic E-state index is 11.9. The second-order valence-electron chi connectivity index (χ2n) is 4.96. The summed E-state index contributed by atoms with van der Waals surface area (Å²) in [6, 6.07) is 7.90. The summed E-state index contributed by atoms with van der Waals surface area (Å²) < 4.78 is 1.83. The molecular weight excluding hydrogens is 296 g/mol. The van der Waals surface area contributed by atoms with Crippen LogP contribution in [0.15, 0.2) is 49.2 Å². The third kappa shape index (κ3) is 3.59. The Balaban J connectivity index is 1.54. The molecule has 3 rings (SSSR count). The molecule has 0 saturated carbocycles. The SMILES string of the molecule is Cc1ccc(CC(=O)NCc2ccc(-n3ccnc3)nc2)s1. The number of nitrogens with zero attached hydrogens (tertiary/aromatic N) is 3. The molecule has 0 unspecified atom stereocenters. The molecule has 1 amide bonds. The van der Waals surface area contributed by atoms with Crippen LogP contribution in [0.4, 0.5) is 0 Å². The lowest BCUT2D eigenvalue weighted by molar-refractivity contribution is -0.120. The van der Waals surface area contributed by atoms with Crippen LogP contribution in [-0.2, 0) is 17.8 Å². The molecule has 0 fully saturated rings. The number of hydrogen-bond donors (Lipinski definition) is 1. The van der Waals surface area contributed by atoms with Crippen LogP contribution >= 0.6 is 11.3 Å². The summed E-state index contributed by atoms with van der Waals surface area (Å²) in [5.74, 6) is 0.835. The molecule has 112 valence electrons. The Kier molecular flexibility index (Phi) is 4.29. The molecule has 0 aromatic carbocycles. The number of carbonyl (C=O) groups is 1. The quantitative estimate of drug-likeness (QED) is 0.787. The zero-order chi connectivity index (χ0) is 15.4. The number of aromatic nitrogens is 3. The molecule has 6 heteroatoms. The third-order valence-electron chi connectivity index (χ3n) is 3.20. The number of nitrogens with one attached hydrogen (secondary N) is 1. The van der Waals surface area contributed by atoms with Crippen molar-refractivity contribution in [1.82, 2.24) is 19.9 Å². The van der Waals surface area contributed by atoms with Gasteiger partial charge < -0.3 is 5.32 Å². The summed E-state index contributed by atoms with van der Waals surface area (Å²) >= 11 is 1.66. The van der Waals surface area contributed by atoms with E-state index in [9.17, 15) is 4.79 Å². The molecule has 3 heterocycles. The van der Waals surface area contributed by atoms with Gasteiger partial charge in [0.05, 0.1) is 6.42 Å². The van der Waals surface area contributed by atoms with E-state index >= 15 is 0 Å². The fourth-order valence-corrected chi connectivity index (χ4v) is 2.96. The van der Waals surface area contributed by atoms with E-state index in [1.54, 1.807) is 30.1 Å². The predicted octanol–water partition coefficient (Wildman–Crippen LogP) is 2.50. The number of imidazole rings is 1. The Morgan fingerprint density at radius 3 is 2.86 bits per heavy atom. The molecule has 0 aliphatic rings. The van der Waals surface area contributed by atoms with Gasteiger partial charge in [0.25, 0.3) is 0 Å². The Bertz CT molecular complexity index is 747. The number of thiophene rings is 1. The molecular formula is C16H16N4OS. The summed E-state index contributed by atoms with van der Waals surface area (Å²) in [5, 5.41) is 2.92. The summed E-state index contributed by atoms with van der Waals surface area (Å²) in [6.45, 7) is 2.53. The minimum Gasteiger partial charge on any atom is -0.352 e. The van der Waals surface area contributed by atoms with Crippen molar-refractivity contribution in [3.63, 3.8) is 0 Å². The van der Waals surface area contributed by atoms with Gasteiger partial charge in [0.1, 0.15) is 12.1 Å². The highest BCUT2D eigenvalue weighted by molar-refractivity contribution is 7.12. The van der Waals surface area contributed by atoms with Crippen molar-refractivity contribution in [1.29, 1.82) is 0 Å². The second kappa shape index (κ2) is 6.53. The van der Waals surface area contributed by atoms with Crippen LogP contribution in [0, 0.1) is 6.92 Å². The van der Waals surface area contributed by atoms with Crippen LogP contribution in [0.1, 0.15) is 15.3 Å². The van der Waals surface area contributed by atoms with Crippen molar-refractivity contribution in [2.45, 2.75) is 19.9 Å². The van der Waals surface area contributed by atoms with Gasteiger partial charge in [0.15, 0.2) is 0 Å². The fourth-order valence-electron chi connectivity index (χ4n) is 2.07. The maximum Gasteiger partial charge on any atom is 0.225 e. The lowest BCUT2D eigenvalue weighted by atomic mass is 10.2. The summed E-state index contributed by atoms with van der Waals surface area (Å²) in [6.07, 6.45) is 7.45. The normalized spacial score (nSPS) is 10.6. The number of aryl methyl sites for hydroxylation is 1. The van der Waals surface area contributed by atoms with E-state index in [0.717, 1.165) is 16.3 Å². The van der Waals surface area contributed by atoms with Gasteiger partial charge in [-0.1, -0.05) is 6.07 Å². The number of rotatable bonds is 5. The molecule has 0 bridgehead atoms. The molecule has 0 saturated heterocycles. The molecule has 3 aromatic rings. The lowest BCUT2D eigenvalue weighted by Gasteiger charge is -2.06. The minimum absolute atomic E-state index is 0.0283. The molecule has 0 spiro atoms. The van der Waals surface area contributed by atoms with Crippen molar-refractivity contribution in [3.8, 4) is 5.82 Å². The van der Waals surface area contributed by atoms with Crippen LogP contribution in [0.3, 0.4) is 0 Å². The van der Waals surface area contributed by atoms with Gasteiger partial charge in [-0.2, -0.15) is 0 Å². The molecule has 0 aliphatic carbocycles. The fraction of sp³-hybridized carbons (Fsp3) is 0.188. The van der Waals surface area contributed by atoms with Crippen LogP contribution in [0.2, 0.25) is 0 Å². The van der Waals surface area contributed by atoms with Crippen LogP contribution in [0.5, 0.6) is 0 Å². The number of hydrogen-bond acceptors (Lipinski definition) is 4. The standard InChI is InChI=1S/C16H16N4OS/c1-12-2-4-14(22-12)8-16(21)19-10-13-3-5-15(18-9-13)20-7-6-17-11-20/h2-7,9,11H,8,10H2,1H3,(H,19,21). The summed E-state index contributed by atoms with van der Waals surface area (Å²) in [7, 11) is 0. The molecule has 1 N–H and O–H groups in total. The second-order valence-corrected chi connectivity index (χ2v) is 6.33. The van der Waals surface area contributed by atoms with E-state index in [4.69, 9.17) is 0 Å². The van der Waals surface area contributed by atoms with Crippen molar-refractivity contribution < 1.29 is 4.79 Å².